The van der Waals surface area contributed by atoms with Gasteiger partial charge >= 0.3 is 0 Å². The molecule has 0 spiro atoms. The summed E-state index contributed by atoms with van der Waals surface area (Å²) >= 11 is 0. The smallest absolute Gasteiger partial charge is 0.0940 e. The van der Waals surface area contributed by atoms with E-state index in [4.69, 9.17) is 10.2 Å². The third-order valence-electron chi connectivity index (χ3n) is 1.34. The highest BCUT2D eigenvalue weighted by atomic mass is 16.3. The van der Waals surface area contributed by atoms with Crippen molar-refractivity contribution in [3.8, 4) is 0 Å². The Kier molecular flexibility index (Phi) is 1.83. The molecule has 47 valence electrons. The molecule has 0 amide bonds. The number of hydrogen-bond acceptors (Lipinski definition) is 2. The molecule has 0 saturated carbocycles. The van der Waals surface area contributed by atoms with E-state index >= 15 is 0 Å². The normalized spacial score (nSPS) is 39.8. The van der Waals surface area contributed by atoms with Gasteiger partial charge in [0.2, 0.25) is 0 Å². The molecule has 0 aromatic heterocycles. The molecule has 3 nitrogen and oxygen atoms in total. The summed E-state index contributed by atoms with van der Waals surface area (Å²) < 4.78 is 0. The predicted molar refractivity (Wildman–Crippen MR) is 28.5 cm³/mol. The van der Waals surface area contributed by atoms with E-state index in [9.17, 15) is 0 Å². The number of piperidine rings is 1. The third kappa shape index (κ3) is 1.18. The highest BCUT2D eigenvalue weighted by Gasteiger charge is 2.19. The summed E-state index contributed by atoms with van der Waals surface area (Å²) in [4.78, 5) is 0. The largest absolute Gasteiger partial charge is 0.390 e. The Hall–Kier alpha value is -0.120. The van der Waals surface area contributed by atoms with Crippen LogP contribution in [0.15, 0.2) is 0 Å². The second-order valence-electron chi connectivity index (χ2n) is 2.05. The molecular weight excluding hydrogens is 106 g/mol. The maximum absolute atomic E-state index is 8.87. The van der Waals surface area contributed by atoms with Gasteiger partial charge in [0, 0.05) is 13.1 Å². The van der Waals surface area contributed by atoms with Crippen molar-refractivity contribution in [2.45, 2.75) is 18.6 Å². The second kappa shape index (κ2) is 2.44. The molecule has 1 saturated heterocycles. The SMILES string of the molecule is OC1CC[N]CC1O. The number of nitrogens with zero attached hydrogens (tertiary/aromatic N) is 1. The van der Waals surface area contributed by atoms with Gasteiger partial charge in [-0.25, -0.2) is 5.32 Å². The van der Waals surface area contributed by atoms with Crippen LogP contribution in [0.25, 0.3) is 0 Å². The van der Waals surface area contributed by atoms with Crippen LogP contribution in [0, 0.1) is 0 Å². The Labute approximate surface area is 48.3 Å². The monoisotopic (exact) mass is 116 g/mol. The van der Waals surface area contributed by atoms with Crippen LogP contribution in [0.5, 0.6) is 0 Å². The lowest BCUT2D eigenvalue weighted by molar-refractivity contribution is -0.000591. The molecule has 1 fully saturated rings. The molecule has 1 aliphatic rings. The average molecular weight is 116 g/mol. The Morgan fingerprint density at radius 1 is 1.25 bits per heavy atom. The first-order chi connectivity index (χ1) is 3.80. The van der Waals surface area contributed by atoms with Crippen molar-refractivity contribution in [2.75, 3.05) is 13.1 Å². The number of rotatable bonds is 0. The fourth-order valence-corrected chi connectivity index (χ4v) is 0.761. The quantitative estimate of drug-likeness (QED) is 0.414. The number of aliphatic hydroxyl groups excluding tert-OH is 2. The molecule has 1 rings (SSSR count). The lowest BCUT2D eigenvalue weighted by Gasteiger charge is -2.21. The molecule has 8 heavy (non-hydrogen) atoms. The molecule has 0 aliphatic carbocycles. The highest BCUT2D eigenvalue weighted by molar-refractivity contribution is 4.75. The van der Waals surface area contributed by atoms with E-state index in [2.05, 4.69) is 5.32 Å². The molecule has 2 N–H and O–H groups in total. The maximum Gasteiger partial charge on any atom is 0.0940 e. The first-order valence-corrected chi connectivity index (χ1v) is 2.80. The lowest BCUT2D eigenvalue weighted by atomic mass is 10.1. The van der Waals surface area contributed by atoms with Crippen LogP contribution in [0.2, 0.25) is 0 Å². The van der Waals surface area contributed by atoms with Crippen molar-refractivity contribution in [1.29, 1.82) is 0 Å². The Bertz CT molecular complexity index is 66.8. The van der Waals surface area contributed by atoms with Crippen molar-refractivity contribution in [3.05, 3.63) is 0 Å². The van der Waals surface area contributed by atoms with Gasteiger partial charge in [-0.05, 0) is 6.42 Å². The summed E-state index contributed by atoms with van der Waals surface area (Å²) in [7, 11) is 0. The van der Waals surface area contributed by atoms with Crippen molar-refractivity contribution in [1.82, 2.24) is 5.32 Å². The average Bonchev–Trinajstić information content (AvgIpc) is 1.77. The summed E-state index contributed by atoms with van der Waals surface area (Å²) in [5, 5.41) is 21.6. The zero-order valence-corrected chi connectivity index (χ0v) is 4.62. The zero-order valence-electron chi connectivity index (χ0n) is 4.62. The van der Waals surface area contributed by atoms with Gasteiger partial charge in [-0.2, -0.15) is 0 Å². The number of aliphatic hydroxyl groups is 2. The topological polar surface area (TPSA) is 54.6 Å². The molecule has 1 aliphatic heterocycles. The third-order valence-corrected chi connectivity index (χ3v) is 1.34. The van der Waals surface area contributed by atoms with Crippen molar-refractivity contribution in [3.63, 3.8) is 0 Å². The van der Waals surface area contributed by atoms with Gasteiger partial charge in [0.25, 0.3) is 0 Å². The standard InChI is InChI=1S/C5H10NO2/c7-4-1-2-6-3-5(4)8/h4-5,7-8H,1-3H2. The molecule has 0 aromatic rings. The predicted octanol–water partition coefficient (Wildman–Crippen LogP) is -1.28. The lowest BCUT2D eigenvalue weighted by Crippen LogP contribution is -2.40. The summed E-state index contributed by atoms with van der Waals surface area (Å²) in [6.07, 6.45) is -0.530. The van der Waals surface area contributed by atoms with Gasteiger partial charge in [0.1, 0.15) is 0 Å². The second-order valence-corrected chi connectivity index (χ2v) is 2.05. The van der Waals surface area contributed by atoms with Gasteiger partial charge in [0.15, 0.2) is 0 Å². The van der Waals surface area contributed by atoms with E-state index in [1.807, 2.05) is 0 Å². The first-order valence-electron chi connectivity index (χ1n) is 2.80. The van der Waals surface area contributed by atoms with E-state index in [0.29, 0.717) is 19.5 Å². The van der Waals surface area contributed by atoms with Gasteiger partial charge < -0.3 is 10.2 Å². The van der Waals surface area contributed by atoms with Crippen LogP contribution in [0.1, 0.15) is 6.42 Å². The molecule has 0 aromatic carbocycles. The summed E-state index contributed by atoms with van der Waals surface area (Å²) in [5.74, 6) is 0. The minimum atomic E-state index is -0.608. The van der Waals surface area contributed by atoms with Crippen molar-refractivity contribution in [2.24, 2.45) is 0 Å². The van der Waals surface area contributed by atoms with E-state index < -0.39 is 12.2 Å². The minimum absolute atomic E-state index is 0.404. The fourth-order valence-electron chi connectivity index (χ4n) is 0.761. The van der Waals surface area contributed by atoms with Crippen LogP contribution >= 0.6 is 0 Å². The van der Waals surface area contributed by atoms with E-state index in [1.165, 1.54) is 0 Å². The summed E-state index contributed by atoms with van der Waals surface area (Å²) in [6.45, 7) is 1.10. The Morgan fingerprint density at radius 2 is 2.00 bits per heavy atom. The van der Waals surface area contributed by atoms with E-state index in [0.717, 1.165) is 0 Å². The van der Waals surface area contributed by atoms with E-state index in [1.54, 1.807) is 0 Å². The highest BCUT2D eigenvalue weighted by Crippen LogP contribution is 2.02. The minimum Gasteiger partial charge on any atom is -0.390 e. The van der Waals surface area contributed by atoms with Gasteiger partial charge in [-0.1, -0.05) is 0 Å². The first kappa shape index (κ1) is 6.01. The van der Waals surface area contributed by atoms with Gasteiger partial charge in [0.05, 0.1) is 12.2 Å². The number of hydrogen-bond donors (Lipinski definition) is 2. The molecule has 0 bridgehead atoms. The van der Waals surface area contributed by atoms with Crippen molar-refractivity contribution < 1.29 is 10.2 Å². The van der Waals surface area contributed by atoms with Crippen LogP contribution in [0.3, 0.4) is 0 Å². The Balaban J connectivity index is 2.28. The van der Waals surface area contributed by atoms with E-state index in [-0.39, 0.29) is 0 Å². The summed E-state index contributed by atoms with van der Waals surface area (Å²) in [6, 6.07) is 0. The van der Waals surface area contributed by atoms with Crippen LogP contribution in [-0.2, 0) is 0 Å². The van der Waals surface area contributed by atoms with Crippen LogP contribution < -0.4 is 5.32 Å². The van der Waals surface area contributed by atoms with Crippen molar-refractivity contribution >= 4 is 0 Å². The van der Waals surface area contributed by atoms with Crippen LogP contribution in [-0.4, -0.2) is 35.5 Å². The van der Waals surface area contributed by atoms with Gasteiger partial charge in [-0.15, -0.1) is 0 Å². The molecule has 2 unspecified atom stereocenters. The molecule has 3 heteroatoms. The summed E-state index contributed by atoms with van der Waals surface area (Å²) in [5.41, 5.74) is 0. The van der Waals surface area contributed by atoms with Gasteiger partial charge in [-0.3, -0.25) is 0 Å². The molecular formula is C5H10NO2. The van der Waals surface area contributed by atoms with Crippen LogP contribution in [0.4, 0.5) is 0 Å². The molecule has 1 radical (unpaired) electrons. The molecule has 1 heterocycles. The fraction of sp³-hybridized carbons (Fsp3) is 1.00. The Morgan fingerprint density at radius 3 is 2.38 bits per heavy atom. The zero-order chi connectivity index (χ0) is 5.98. The molecule has 2 atom stereocenters. The maximum atomic E-state index is 8.87.